The predicted octanol–water partition coefficient (Wildman–Crippen LogP) is 4.61. The first-order chi connectivity index (χ1) is 10.7. The average molecular weight is 319 g/mol. The molecule has 2 rings (SSSR count). The van der Waals surface area contributed by atoms with Crippen LogP contribution in [0.15, 0.2) is 30.5 Å². The number of carbonyl (C=O) groups is 1. The molecule has 0 aliphatic heterocycles. The van der Waals surface area contributed by atoms with Gasteiger partial charge in [0.2, 0.25) is 0 Å². The second-order valence-corrected chi connectivity index (χ2v) is 6.34. The summed E-state index contributed by atoms with van der Waals surface area (Å²) in [6, 6.07) is 4.89. The molecule has 0 spiro atoms. The van der Waals surface area contributed by atoms with E-state index in [9.17, 15) is 13.6 Å². The van der Waals surface area contributed by atoms with Gasteiger partial charge in [-0.2, -0.15) is 0 Å². The van der Waals surface area contributed by atoms with Gasteiger partial charge >= 0.3 is 6.03 Å². The highest BCUT2D eigenvalue weighted by atomic mass is 19.1. The molecule has 122 valence electrons. The van der Waals surface area contributed by atoms with Crippen LogP contribution < -0.4 is 10.6 Å². The molecule has 1 heterocycles. The number of carbonyl (C=O) groups excluding carboxylic acids is 1. The first kappa shape index (κ1) is 16.9. The maximum Gasteiger partial charge on any atom is 0.324 e. The third kappa shape index (κ3) is 4.25. The molecule has 1 aromatic carbocycles. The van der Waals surface area contributed by atoms with Crippen LogP contribution in [0.2, 0.25) is 0 Å². The number of nitrogens with one attached hydrogen (secondary N) is 2. The van der Waals surface area contributed by atoms with Gasteiger partial charge in [0.25, 0.3) is 0 Å². The number of pyridine rings is 1. The van der Waals surface area contributed by atoms with Gasteiger partial charge in [0.05, 0.1) is 5.69 Å². The van der Waals surface area contributed by atoms with Gasteiger partial charge in [-0.25, -0.2) is 18.6 Å². The van der Waals surface area contributed by atoms with Crippen LogP contribution in [-0.2, 0) is 5.41 Å². The predicted molar refractivity (Wildman–Crippen MR) is 86.7 cm³/mol. The molecule has 4 nitrogen and oxygen atoms in total. The summed E-state index contributed by atoms with van der Waals surface area (Å²) in [4.78, 5) is 16.0. The van der Waals surface area contributed by atoms with E-state index in [-0.39, 0.29) is 16.7 Å². The van der Waals surface area contributed by atoms with E-state index in [1.807, 2.05) is 26.8 Å². The summed E-state index contributed by atoms with van der Waals surface area (Å²) in [6.07, 6.45) is 1.59. The number of hydrogen-bond donors (Lipinski definition) is 2. The quantitative estimate of drug-likeness (QED) is 0.849. The molecule has 2 amide bonds. The molecule has 0 aliphatic rings. The fourth-order valence-electron chi connectivity index (χ4n) is 1.98. The molecule has 0 saturated heterocycles. The van der Waals surface area contributed by atoms with E-state index in [0.29, 0.717) is 5.82 Å². The summed E-state index contributed by atoms with van der Waals surface area (Å²) in [5, 5.41) is 4.79. The minimum absolute atomic E-state index is 0.0952. The van der Waals surface area contributed by atoms with E-state index in [1.165, 1.54) is 6.92 Å². The Morgan fingerprint density at radius 3 is 2.43 bits per heavy atom. The zero-order valence-electron chi connectivity index (χ0n) is 13.5. The van der Waals surface area contributed by atoms with E-state index in [0.717, 1.165) is 17.7 Å². The lowest BCUT2D eigenvalue weighted by molar-refractivity contribution is 0.262. The minimum Gasteiger partial charge on any atom is -0.305 e. The number of nitrogens with zero attached hydrogens (tertiary/aromatic N) is 1. The van der Waals surface area contributed by atoms with Gasteiger partial charge in [0, 0.05) is 12.3 Å². The van der Waals surface area contributed by atoms with Crippen LogP contribution in [0, 0.1) is 18.6 Å². The Morgan fingerprint density at radius 2 is 1.78 bits per heavy atom. The van der Waals surface area contributed by atoms with Crippen molar-refractivity contribution in [3.05, 3.63) is 53.2 Å². The highest BCUT2D eigenvalue weighted by molar-refractivity contribution is 5.99. The molecule has 2 N–H and O–H groups in total. The van der Waals surface area contributed by atoms with Crippen molar-refractivity contribution < 1.29 is 13.6 Å². The fourth-order valence-corrected chi connectivity index (χ4v) is 1.98. The van der Waals surface area contributed by atoms with Crippen molar-refractivity contribution in [2.45, 2.75) is 33.1 Å². The standard InChI is InChI=1S/C17H19F2N3O/c1-10-7-13(19)14(9-12(10)18)21-16(23)22-15-8-11(5-6-20-15)17(2,3)4/h5-9H,1-4H3,(H2,20,21,22,23). The zero-order chi connectivity index (χ0) is 17.2. The SMILES string of the molecule is Cc1cc(F)c(NC(=O)Nc2cc(C(C)(C)C)ccn2)cc1F. The number of anilines is 2. The maximum absolute atomic E-state index is 13.7. The Balaban J connectivity index is 2.13. The number of urea groups is 1. The number of halogens is 2. The highest BCUT2D eigenvalue weighted by Crippen LogP contribution is 2.23. The molecule has 0 unspecified atom stereocenters. The number of benzene rings is 1. The molecule has 23 heavy (non-hydrogen) atoms. The molecule has 1 aromatic heterocycles. The van der Waals surface area contributed by atoms with Crippen molar-refractivity contribution in [1.29, 1.82) is 0 Å². The monoisotopic (exact) mass is 319 g/mol. The van der Waals surface area contributed by atoms with E-state index in [1.54, 1.807) is 12.3 Å². The van der Waals surface area contributed by atoms with Gasteiger partial charge in [-0.15, -0.1) is 0 Å². The largest absolute Gasteiger partial charge is 0.324 e. The van der Waals surface area contributed by atoms with E-state index >= 15 is 0 Å². The minimum atomic E-state index is -0.699. The lowest BCUT2D eigenvalue weighted by atomic mass is 9.88. The van der Waals surface area contributed by atoms with Crippen LogP contribution in [-0.4, -0.2) is 11.0 Å². The molecule has 0 saturated carbocycles. The normalized spacial score (nSPS) is 11.2. The van der Waals surface area contributed by atoms with Gasteiger partial charge in [0.1, 0.15) is 17.5 Å². The van der Waals surface area contributed by atoms with Crippen molar-refractivity contribution >= 4 is 17.5 Å². The Kier molecular flexibility index (Phi) is 4.63. The second kappa shape index (κ2) is 6.32. The molecule has 2 aromatic rings. The molecular formula is C17H19F2N3O. The molecule has 0 radical (unpaired) electrons. The fraction of sp³-hybridized carbons (Fsp3) is 0.294. The summed E-state index contributed by atoms with van der Waals surface area (Å²) < 4.78 is 27.2. The van der Waals surface area contributed by atoms with Crippen molar-refractivity contribution in [3.63, 3.8) is 0 Å². The van der Waals surface area contributed by atoms with Crippen LogP contribution in [0.4, 0.5) is 25.1 Å². The molecule has 6 heteroatoms. The zero-order valence-corrected chi connectivity index (χ0v) is 13.5. The van der Waals surface area contributed by atoms with E-state index in [4.69, 9.17) is 0 Å². The summed E-state index contributed by atoms with van der Waals surface area (Å²) >= 11 is 0. The molecule has 0 bridgehead atoms. The molecule has 0 atom stereocenters. The highest BCUT2D eigenvalue weighted by Gasteiger charge is 2.15. The maximum atomic E-state index is 13.7. The Labute approximate surface area is 133 Å². The summed E-state index contributed by atoms with van der Waals surface area (Å²) in [7, 11) is 0. The summed E-state index contributed by atoms with van der Waals surface area (Å²) in [6.45, 7) is 7.56. The number of aromatic nitrogens is 1. The third-order valence-electron chi connectivity index (χ3n) is 3.36. The first-order valence-electron chi connectivity index (χ1n) is 7.17. The van der Waals surface area contributed by atoms with Crippen LogP contribution in [0.5, 0.6) is 0 Å². The number of amides is 2. The first-order valence-corrected chi connectivity index (χ1v) is 7.17. The van der Waals surface area contributed by atoms with E-state index < -0.39 is 17.7 Å². The van der Waals surface area contributed by atoms with Crippen LogP contribution in [0.25, 0.3) is 0 Å². The topological polar surface area (TPSA) is 54.0 Å². The second-order valence-electron chi connectivity index (χ2n) is 6.34. The van der Waals surface area contributed by atoms with Crippen LogP contribution in [0.1, 0.15) is 31.9 Å². The van der Waals surface area contributed by atoms with Crippen molar-refractivity contribution in [1.82, 2.24) is 4.98 Å². The van der Waals surface area contributed by atoms with Crippen LogP contribution >= 0.6 is 0 Å². The lowest BCUT2D eigenvalue weighted by Gasteiger charge is -2.19. The summed E-state index contributed by atoms with van der Waals surface area (Å²) in [5.74, 6) is -0.951. The van der Waals surface area contributed by atoms with Gasteiger partial charge in [-0.3, -0.25) is 5.32 Å². The van der Waals surface area contributed by atoms with Crippen molar-refractivity contribution in [3.8, 4) is 0 Å². The van der Waals surface area contributed by atoms with Gasteiger partial charge < -0.3 is 5.32 Å². The van der Waals surface area contributed by atoms with Gasteiger partial charge in [-0.1, -0.05) is 20.8 Å². The lowest BCUT2D eigenvalue weighted by Crippen LogP contribution is -2.21. The summed E-state index contributed by atoms with van der Waals surface area (Å²) in [5.41, 5.74) is 0.850. The smallest absolute Gasteiger partial charge is 0.305 e. The molecular weight excluding hydrogens is 300 g/mol. The Morgan fingerprint density at radius 1 is 1.09 bits per heavy atom. The van der Waals surface area contributed by atoms with Crippen LogP contribution in [0.3, 0.4) is 0 Å². The van der Waals surface area contributed by atoms with Gasteiger partial charge in [0.15, 0.2) is 0 Å². The van der Waals surface area contributed by atoms with E-state index in [2.05, 4.69) is 15.6 Å². The number of aryl methyl sites for hydroxylation is 1. The third-order valence-corrected chi connectivity index (χ3v) is 3.36. The Bertz CT molecular complexity index is 739. The van der Waals surface area contributed by atoms with Gasteiger partial charge in [-0.05, 0) is 41.7 Å². The average Bonchev–Trinajstić information content (AvgIpc) is 2.44. The Hall–Kier alpha value is -2.50. The molecule has 0 aliphatic carbocycles. The van der Waals surface area contributed by atoms with Crippen molar-refractivity contribution in [2.24, 2.45) is 0 Å². The molecule has 0 fully saturated rings. The number of rotatable bonds is 2. The number of hydrogen-bond acceptors (Lipinski definition) is 2. The van der Waals surface area contributed by atoms with Crippen molar-refractivity contribution in [2.75, 3.05) is 10.6 Å².